The lowest BCUT2D eigenvalue weighted by Gasteiger charge is -2.01. The van der Waals surface area contributed by atoms with Crippen LogP contribution in [0.3, 0.4) is 0 Å². The number of hydrogen-bond donors (Lipinski definition) is 1. The minimum Gasteiger partial charge on any atom is -0.472 e. The summed E-state index contributed by atoms with van der Waals surface area (Å²) >= 11 is 0. The van der Waals surface area contributed by atoms with Crippen LogP contribution in [0.1, 0.15) is 12.8 Å². The molecule has 0 aliphatic carbocycles. The van der Waals surface area contributed by atoms with Gasteiger partial charge in [0, 0.05) is 6.54 Å². The normalized spacial score (nSPS) is 10.7. The summed E-state index contributed by atoms with van der Waals surface area (Å²) in [4.78, 5) is 0. The first-order valence-electron chi connectivity index (χ1n) is 4.90. The highest BCUT2D eigenvalue weighted by Crippen LogP contribution is 2.15. The summed E-state index contributed by atoms with van der Waals surface area (Å²) in [5, 5.41) is 11.5. The van der Waals surface area contributed by atoms with Crippen molar-refractivity contribution in [2.24, 2.45) is 5.73 Å². The van der Waals surface area contributed by atoms with Crippen molar-refractivity contribution >= 4 is 0 Å². The molecule has 0 radical (unpaired) electrons. The Balaban J connectivity index is 2.09. The highest BCUT2D eigenvalue weighted by molar-refractivity contribution is 5.51. The molecule has 0 fully saturated rings. The standard InChI is InChI=1S/C9H13N5O/c10-4-1-2-5-14-9(11-12-13-14)8-3-6-15-7-8/h3,6-7H,1-2,4-5,10H2. The van der Waals surface area contributed by atoms with E-state index in [0.717, 1.165) is 30.8 Å². The summed E-state index contributed by atoms with van der Waals surface area (Å²) in [6.45, 7) is 1.48. The Morgan fingerprint density at radius 1 is 1.40 bits per heavy atom. The number of aromatic nitrogens is 4. The molecule has 80 valence electrons. The van der Waals surface area contributed by atoms with Gasteiger partial charge in [0.05, 0.1) is 11.8 Å². The maximum absolute atomic E-state index is 5.42. The van der Waals surface area contributed by atoms with Gasteiger partial charge in [-0.25, -0.2) is 4.68 Å². The van der Waals surface area contributed by atoms with Crippen LogP contribution in [-0.4, -0.2) is 26.8 Å². The van der Waals surface area contributed by atoms with Gasteiger partial charge in [-0.3, -0.25) is 0 Å². The van der Waals surface area contributed by atoms with Gasteiger partial charge in [-0.15, -0.1) is 5.10 Å². The van der Waals surface area contributed by atoms with Crippen LogP contribution >= 0.6 is 0 Å². The molecule has 2 rings (SSSR count). The van der Waals surface area contributed by atoms with E-state index >= 15 is 0 Å². The van der Waals surface area contributed by atoms with Crippen molar-refractivity contribution < 1.29 is 4.42 Å². The second-order valence-electron chi connectivity index (χ2n) is 3.23. The van der Waals surface area contributed by atoms with Gasteiger partial charge in [0.1, 0.15) is 6.26 Å². The molecule has 0 saturated heterocycles. The molecule has 15 heavy (non-hydrogen) atoms. The van der Waals surface area contributed by atoms with Gasteiger partial charge < -0.3 is 10.2 Å². The summed E-state index contributed by atoms with van der Waals surface area (Å²) in [5.41, 5.74) is 6.32. The molecule has 0 saturated carbocycles. The van der Waals surface area contributed by atoms with E-state index in [1.54, 1.807) is 17.2 Å². The zero-order valence-electron chi connectivity index (χ0n) is 8.33. The highest BCUT2D eigenvalue weighted by Gasteiger charge is 2.08. The summed E-state index contributed by atoms with van der Waals surface area (Å²) < 4.78 is 6.75. The molecular weight excluding hydrogens is 194 g/mol. The third-order valence-electron chi connectivity index (χ3n) is 2.14. The van der Waals surface area contributed by atoms with E-state index in [9.17, 15) is 0 Å². The second kappa shape index (κ2) is 4.70. The Labute approximate surface area is 87.1 Å². The number of unbranched alkanes of at least 4 members (excludes halogenated alkanes) is 1. The Morgan fingerprint density at radius 3 is 3.07 bits per heavy atom. The van der Waals surface area contributed by atoms with Crippen LogP contribution in [0, 0.1) is 0 Å². The largest absolute Gasteiger partial charge is 0.472 e. The average Bonchev–Trinajstić information content (AvgIpc) is 2.87. The smallest absolute Gasteiger partial charge is 0.185 e. The van der Waals surface area contributed by atoms with Crippen molar-refractivity contribution in [3.63, 3.8) is 0 Å². The van der Waals surface area contributed by atoms with Gasteiger partial charge in [0.2, 0.25) is 0 Å². The SMILES string of the molecule is NCCCCn1nnnc1-c1ccoc1. The first-order valence-corrected chi connectivity index (χ1v) is 4.90. The molecule has 0 bridgehead atoms. The molecule has 0 aromatic carbocycles. The van der Waals surface area contributed by atoms with Gasteiger partial charge >= 0.3 is 0 Å². The maximum Gasteiger partial charge on any atom is 0.185 e. The third-order valence-corrected chi connectivity index (χ3v) is 2.14. The lowest BCUT2D eigenvalue weighted by molar-refractivity contribution is 0.546. The zero-order valence-corrected chi connectivity index (χ0v) is 8.33. The topological polar surface area (TPSA) is 82.8 Å². The zero-order chi connectivity index (χ0) is 10.5. The van der Waals surface area contributed by atoms with Crippen LogP contribution in [0.25, 0.3) is 11.4 Å². The molecule has 2 aromatic heterocycles. The summed E-state index contributed by atoms with van der Waals surface area (Å²) in [6.07, 6.45) is 5.19. The molecule has 6 heteroatoms. The maximum atomic E-state index is 5.42. The fraction of sp³-hybridized carbons (Fsp3) is 0.444. The predicted octanol–water partition coefficient (Wildman–Crippen LogP) is 0.672. The third kappa shape index (κ3) is 2.21. The van der Waals surface area contributed by atoms with E-state index in [2.05, 4.69) is 15.5 Å². The van der Waals surface area contributed by atoms with Gasteiger partial charge in [-0.2, -0.15) is 0 Å². The van der Waals surface area contributed by atoms with Crippen LogP contribution in [-0.2, 0) is 6.54 Å². The minimum atomic E-state index is 0.698. The highest BCUT2D eigenvalue weighted by atomic mass is 16.3. The molecule has 0 atom stereocenters. The first-order chi connectivity index (χ1) is 7.42. The van der Waals surface area contributed by atoms with E-state index in [4.69, 9.17) is 10.2 Å². The van der Waals surface area contributed by atoms with E-state index < -0.39 is 0 Å². The van der Waals surface area contributed by atoms with E-state index in [1.807, 2.05) is 6.07 Å². The van der Waals surface area contributed by atoms with E-state index in [1.165, 1.54) is 0 Å². The van der Waals surface area contributed by atoms with Crippen molar-refractivity contribution in [3.05, 3.63) is 18.6 Å². The average molecular weight is 207 g/mol. The number of nitrogens with two attached hydrogens (primary N) is 1. The summed E-state index contributed by atoms with van der Waals surface area (Å²) in [7, 11) is 0. The van der Waals surface area contributed by atoms with Crippen molar-refractivity contribution in [3.8, 4) is 11.4 Å². The van der Waals surface area contributed by atoms with Crippen molar-refractivity contribution in [2.45, 2.75) is 19.4 Å². The monoisotopic (exact) mass is 207 g/mol. The Morgan fingerprint density at radius 2 is 2.33 bits per heavy atom. The second-order valence-corrected chi connectivity index (χ2v) is 3.23. The number of nitrogens with zero attached hydrogens (tertiary/aromatic N) is 4. The van der Waals surface area contributed by atoms with Crippen molar-refractivity contribution in [1.82, 2.24) is 20.2 Å². The number of tetrazole rings is 1. The number of rotatable bonds is 5. The first kappa shape index (κ1) is 9.85. The lowest BCUT2D eigenvalue weighted by atomic mass is 10.3. The Hall–Kier alpha value is -1.69. The van der Waals surface area contributed by atoms with Crippen molar-refractivity contribution in [1.29, 1.82) is 0 Å². The lowest BCUT2D eigenvalue weighted by Crippen LogP contribution is -2.05. The molecule has 0 amide bonds. The Kier molecular flexibility index (Phi) is 3.08. The minimum absolute atomic E-state index is 0.698. The number of hydrogen-bond acceptors (Lipinski definition) is 5. The summed E-state index contributed by atoms with van der Waals surface area (Å²) in [5.74, 6) is 0.737. The van der Waals surface area contributed by atoms with Crippen LogP contribution in [0.5, 0.6) is 0 Å². The fourth-order valence-electron chi connectivity index (χ4n) is 1.36. The molecule has 0 spiro atoms. The number of furan rings is 1. The molecule has 2 N–H and O–H groups in total. The van der Waals surface area contributed by atoms with Crippen LogP contribution in [0.4, 0.5) is 0 Å². The van der Waals surface area contributed by atoms with Crippen molar-refractivity contribution in [2.75, 3.05) is 6.54 Å². The van der Waals surface area contributed by atoms with Crippen LogP contribution in [0.2, 0.25) is 0 Å². The quantitative estimate of drug-likeness (QED) is 0.728. The molecule has 2 aromatic rings. The fourth-order valence-corrected chi connectivity index (χ4v) is 1.36. The van der Waals surface area contributed by atoms with Gasteiger partial charge in [-0.05, 0) is 35.9 Å². The molecule has 0 aliphatic heterocycles. The molecule has 2 heterocycles. The molecule has 0 aliphatic rings. The summed E-state index contributed by atoms with van der Waals surface area (Å²) in [6, 6.07) is 1.84. The molecule has 6 nitrogen and oxygen atoms in total. The number of aryl methyl sites for hydroxylation is 1. The predicted molar refractivity (Wildman–Crippen MR) is 53.8 cm³/mol. The van der Waals surface area contributed by atoms with E-state index in [-0.39, 0.29) is 0 Å². The van der Waals surface area contributed by atoms with Gasteiger partial charge in [0.25, 0.3) is 0 Å². The molecule has 0 unspecified atom stereocenters. The van der Waals surface area contributed by atoms with Crippen LogP contribution < -0.4 is 5.73 Å². The Bertz CT molecular complexity index is 394. The van der Waals surface area contributed by atoms with Crippen LogP contribution in [0.15, 0.2) is 23.0 Å². The van der Waals surface area contributed by atoms with Gasteiger partial charge in [0.15, 0.2) is 5.82 Å². The van der Waals surface area contributed by atoms with Gasteiger partial charge in [-0.1, -0.05) is 0 Å². The van der Waals surface area contributed by atoms with E-state index in [0.29, 0.717) is 6.54 Å². The molecular formula is C9H13N5O.